The summed E-state index contributed by atoms with van der Waals surface area (Å²) in [7, 11) is 0. The molecule has 0 heterocycles. The summed E-state index contributed by atoms with van der Waals surface area (Å²) in [6.07, 6.45) is 0.492. The van der Waals surface area contributed by atoms with Crippen molar-refractivity contribution in [3.05, 3.63) is 69.8 Å². The molecule has 2 aromatic rings. The Balaban J connectivity index is 2.23. The summed E-state index contributed by atoms with van der Waals surface area (Å²) in [4.78, 5) is 103. The van der Waals surface area contributed by atoms with E-state index < -0.39 is 89.6 Å². The van der Waals surface area contributed by atoms with Crippen LogP contribution >= 0.6 is 0 Å². The lowest BCUT2D eigenvalue weighted by Gasteiger charge is -2.27. The number of carbonyl (C=O) groups is 7. The van der Waals surface area contributed by atoms with Gasteiger partial charge in [-0.2, -0.15) is 0 Å². The molecule has 19 N–H and O–H groups in total. The molecule has 0 spiro atoms. The van der Waals surface area contributed by atoms with Crippen LogP contribution in [0.5, 0.6) is 5.75 Å². The SMILES string of the molecule is CC(C)C[C@H](NC(=O)[C@H](Cc1ccc([N+](=O)[O-])cc1)NC(=O)CNC(=O)CNC(=O)[C@@H](N)Cc1ccc(O)cc1)C(=O)N[C@@H](CCCNC(=N)N)C(=O)N[C@@H](CCCNC(=N)N)C(N)=O. The largest absolute Gasteiger partial charge is 0.508 e. The number of primary amides is 1. The van der Waals surface area contributed by atoms with Crippen LogP contribution in [0.15, 0.2) is 48.5 Å². The predicted molar refractivity (Wildman–Crippen MR) is 237 cm³/mol. The van der Waals surface area contributed by atoms with Gasteiger partial charge in [0.15, 0.2) is 11.9 Å². The minimum absolute atomic E-state index is 0.0155. The van der Waals surface area contributed by atoms with Gasteiger partial charge < -0.3 is 70.6 Å². The Bertz CT molecular complexity index is 1980. The molecule has 356 valence electrons. The number of hydrogen-bond donors (Lipinski definition) is 15. The molecular weight excluding hydrogens is 851 g/mol. The van der Waals surface area contributed by atoms with Crippen molar-refractivity contribution in [2.75, 3.05) is 26.2 Å². The molecule has 25 heteroatoms. The van der Waals surface area contributed by atoms with Crippen molar-refractivity contribution in [1.82, 2.24) is 42.5 Å². The van der Waals surface area contributed by atoms with Gasteiger partial charge in [-0.1, -0.05) is 38.1 Å². The van der Waals surface area contributed by atoms with E-state index in [1.807, 2.05) is 0 Å². The molecule has 0 bridgehead atoms. The van der Waals surface area contributed by atoms with Crippen LogP contribution in [0.1, 0.15) is 57.1 Å². The lowest BCUT2D eigenvalue weighted by molar-refractivity contribution is -0.384. The molecule has 0 aliphatic rings. The van der Waals surface area contributed by atoms with Crippen molar-refractivity contribution in [3.8, 4) is 5.75 Å². The Labute approximate surface area is 374 Å². The first-order valence-corrected chi connectivity index (χ1v) is 20.6. The third kappa shape index (κ3) is 21.4. The van der Waals surface area contributed by atoms with Crippen LogP contribution in [0.4, 0.5) is 5.69 Å². The van der Waals surface area contributed by atoms with Gasteiger partial charge in [0.1, 0.15) is 29.9 Å². The lowest BCUT2D eigenvalue weighted by Crippen LogP contribution is -2.59. The molecule has 0 fully saturated rings. The second-order valence-electron chi connectivity index (χ2n) is 15.4. The van der Waals surface area contributed by atoms with Crippen LogP contribution in [-0.2, 0) is 46.4 Å². The van der Waals surface area contributed by atoms with Crippen molar-refractivity contribution >= 4 is 59.0 Å². The van der Waals surface area contributed by atoms with Gasteiger partial charge in [0.2, 0.25) is 41.4 Å². The molecule has 2 aromatic carbocycles. The second-order valence-corrected chi connectivity index (χ2v) is 15.4. The normalized spacial score (nSPS) is 13.0. The van der Waals surface area contributed by atoms with E-state index in [9.17, 15) is 48.8 Å². The number of phenols is 1. The van der Waals surface area contributed by atoms with Gasteiger partial charge in [-0.25, -0.2) is 0 Å². The Morgan fingerprint density at radius 3 is 1.65 bits per heavy atom. The van der Waals surface area contributed by atoms with E-state index in [-0.39, 0.29) is 87.3 Å². The maximum Gasteiger partial charge on any atom is 0.269 e. The van der Waals surface area contributed by atoms with Crippen LogP contribution in [0.3, 0.4) is 0 Å². The summed E-state index contributed by atoms with van der Waals surface area (Å²) in [5.74, 6) is -6.35. The number of nitro groups is 1. The highest BCUT2D eigenvalue weighted by atomic mass is 16.6. The molecule has 65 heavy (non-hydrogen) atoms. The number of non-ortho nitro benzene ring substituents is 1. The molecule has 0 radical (unpaired) electrons. The van der Waals surface area contributed by atoms with Gasteiger partial charge in [-0.05, 0) is 67.7 Å². The van der Waals surface area contributed by atoms with E-state index in [2.05, 4.69) is 42.5 Å². The van der Waals surface area contributed by atoms with E-state index in [1.165, 1.54) is 36.4 Å². The zero-order chi connectivity index (χ0) is 48.6. The number of rotatable bonds is 28. The fraction of sp³-hybridized carbons (Fsp3) is 0.475. The number of nitrogens with one attached hydrogen (secondary N) is 10. The molecule has 5 atom stereocenters. The summed E-state index contributed by atoms with van der Waals surface area (Å²) >= 11 is 0. The highest BCUT2D eigenvalue weighted by molar-refractivity contribution is 5.96. The van der Waals surface area contributed by atoms with Crippen LogP contribution < -0.4 is 65.5 Å². The van der Waals surface area contributed by atoms with Crippen molar-refractivity contribution in [3.63, 3.8) is 0 Å². The van der Waals surface area contributed by atoms with Crippen LogP contribution in [-0.4, -0.2) is 120 Å². The van der Waals surface area contributed by atoms with E-state index in [1.54, 1.807) is 26.0 Å². The molecule has 0 saturated carbocycles. The van der Waals surface area contributed by atoms with Gasteiger partial charge in [0, 0.05) is 31.6 Å². The summed E-state index contributed by atoms with van der Waals surface area (Å²) < 4.78 is 0. The zero-order valence-corrected chi connectivity index (χ0v) is 36.2. The Morgan fingerprint density at radius 2 is 1.11 bits per heavy atom. The Morgan fingerprint density at radius 1 is 0.631 bits per heavy atom. The third-order valence-electron chi connectivity index (χ3n) is 9.44. The zero-order valence-electron chi connectivity index (χ0n) is 36.2. The number of nitrogens with two attached hydrogens (primary N) is 4. The number of phenolic OH excluding ortho intramolecular Hbond substituents is 1. The average molecular weight is 912 g/mol. The van der Waals surface area contributed by atoms with Crippen molar-refractivity contribution < 1.29 is 43.6 Å². The molecule has 25 nitrogen and oxygen atoms in total. The van der Waals surface area contributed by atoms with Crippen LogP contribution in [0, 0.1) is 26.9 Å². The van der Waals surface area contributed by atoms with Gasteiger partial charge in [-0.15, -0.1) is 0 Å². The number of guanidine groups is 2. The molecule has 7 amide bonds. The van der Waals surface area contributed by atoms with E-state index in [0.29, 0.717) is 11.1 Å². The highest BCUT2D eigenvalue weighted by Gasteiger charge is 2.32. The quantitative estimate of drug-likeness (QED) is 0.0130. The van der Waals surface area contributed by atoms with Gasteiger partial charge in [0.05, 0.1) is 24.1 Å². The number of hydrogen-bond acceptors (Lipinski definition) is 13. The molecule has 0 aromatic heterocycles. The first-order valence-electron chi connectivity index (χ1n) is 20.6. The standard InChI is InChI=1S/C40H61N15O10/c1-22(2)17-30(37(62)53-29(6-4-16-48-40(45)46)36(61)52-28(34(42)59)5-3-15-47-39(43)44)54-38(63)31(19-24-7-11-25(12-8-24)55(64)65)51-33(58)21-49-32(57)20-50-35(60)27(41)18-23-9-13-26(56)14-10-23/h7-14,22,27-31,56H,3-6,15-21,41H2,1-2H3,(H2,42,59)(H,49,57)(H,50,60)(H,51,58)(H,52,61)(H,53,62)(H,54,63)(H4,43,44,47)(H4,45,46,48)/t27-,28-,29-,30-,31-/m0/s1. The Hall–Kier alpha value is -7.57. The van der Waals surface area contributed by atoms with E-state index in [0.717, 1.165) is 0 Å². The molecule has 0 saturated heterocycles. The number of aromatic hydroxyl groups is 1. The van der Waals surface area contributed by atoms with E-state index in [4.69, 9.17) is 33.8 Å². The minimum atomic E-state index is -1.41. The fourth-order valence-corrected chi connectivity index (χ4v) is 6.10. The van der Waals surface area contributed by atoms with Crippen molar-refractivity contribution in [2.24, 2.45) is 28.9 Å². The van der Waals surface area contributed by atoms with E-state index >= 15 is 0 Å². The first kappa shape index (κ1) is 53.6. The van der Waals surface area contributed by atoms with Crippen LogP contribution in [0.25, 0.3) is 0 Å². The lowest BCUT2D eigenvalue weighted by atomic mass is 10.00. The van der Waals surface area contributed by atoms with Gasteiger partial charge >= 0.3 is 0 Å². The monoisotopic (exact) mass is 911 g/mol. The average Bonchev–Trinajstić information content (AvgIpc) is 3.23. The predicted octanol–water partition coefficient (Wildman–Crippen LogP) is -3.36. The maximum absolute atomic E-state index is 14.0. The summed E-state index contributed by atoms with van der Waals surface area (Å²) in [6, 6.07) is 5.04. The molecule has 2 rings (SSSR count). The number of carbonyl (C=O) groups excluding carboxylic acids is 7. The topological polar surface area (TPSA) is 431 Å². The number of amides is 7. The molecule has 0 unspecified atom stereocenters. The van der Waals surface area contributed by atoms with Gasteiger partial charge in [0.25, 0.3) is 5.69 Å². The summed E-state index contributed by atoms with van der Waals surface area (Å²) in [5.41, 5.74) is 23.0. The van der Waals surface area contributed by atoms with Crippen molar-refractivity contribution in [2.45, 2.75) is 89.0 Å². The van der Waals surface area contributed by atoms with Crippen LogP contribution in [0.2, 0.25) is 0 Å². The summed E-state index contributed by atoms with van der Waals surface area (Å²) in [5, 5.41) is 55.6. The molecule has 0 aliphatic carbocycles. The summed E-state index contributed by atoms with van der Waals surface area (Å²) in [6.45, 7) is 2.71. The van der Waals surface area contributed by atoms with Gasteiger partial charge in [-0.3, -0.25) is 54.5 Å². The number of nitrogens with zero attached hydrogens (tertiary/aromatic N) is 1. The second kappa shape index (κ2) is 27.5. The van der Waals surface area contributed by atoms with Crippen molar-refractivity contribution in [1.29, 1.82) is 10.8 Å². The Kier molecular flexibility index (Phi) is 22.6. The third-order valence-corrected chi connectivity index (χ3v) is 9.44. The smallest absolute Gasteiger partial charge is 0.269 e. The number of nitro benzene ring substituents is 1. The molecular formula is C40H61N15O10. The molecule has 0 aliphatic heterocycles. The minimum Gasteiger partial charge on any atom is -0.508 e. The maximum atomic E-state index is 14.0. The first-order chi connectivity index (χ1) is 30.6. The number of benzene rings is 2. The highest BCUT2D eigenvalue weighted by Crippen LogP contribution is 2.15. The fourth-order valence-electron chi connectivity index (χ4n) is 6.10.